The summed E-state index contributed by atoms with van der Waals surface area (Å²) in [6.45, 7) is 4.47. The number of fused-ring (bicyclic) bond motifs is 2. The number of imide groups is 1. The van der Waals surface area contributed by atoms with E-state index >= 15 is 0 Å². The van der Waals surface area contributed by atoms with Gasteiger partial charge in [-0.15, -0.1) is 0 Å². The molecule has 1 fully saturated rings. The molecule has 3 heterocycles. The third-order valence-corrected chi connectivity index (χ3v) is 9.58. The van der Waals surface area contributed by atoms with Crippen LogP contribution in [0.15, 0.2) is 84.9 Å². The maximum Gasteiger partial charge on any atom is 0.266 e. The van der Waals surface area contributed by atoms with Crippen molar-refractivity contribution in [2.75, 3.05) is 32.2 Å². The summed E-state index contributed by atoms with van der Waals surface area (Å²) in [4.78, 5) is 29.8. The summed E-state index contributed by atoms with van der Waals surface area (Å²) < 4.78 is 24.5. The smallest absolute Gasteiger partial charge is 0.266 e. The van der Waals surface area contributed by atoms with Crippen LogP contribution < -0.4 is 14.4 Å². The van der Waals surface area contributed by atoms with Crippen LogP contribution in [0.4, 0.5) is 5.69 Å². The maximum atomic E-state index is 13.1. The molecule has 0 bridgehead atoms. The number of aliphatic hydroxyl groups is 1. The summed E-state index contributed by atoms with van der Waals surface area (Å²) in [6.07, 6.45) is -0.198. The second kappa shape index (κ2) is 12.9. The van der Waals surface area contributed by atoms with Crippen molar-refractivity contribution in [3.63, 3.8) is 0 Å². The Morgan fingerprint density at radius 1 is 0.809 bits per heavy atom. The molecule has 0 spiro atoms. The van der Waals surface area contributed by atoms with Crippen LogP contribution in [0.5, 0.6) is 11.5 Å². The number of benzene rings is 4. The number of carbonyl (C=O) groups is 2. The second-order valence-electron chi connectivity index (χ2n) is 12.4. The van der Waals surface area contributed by atoms with E-state index in [-0.39, 0.29) is 36.5 Å². The fraction of sp³-hybridized carbons (Fsp3) is 0.316. The summed E-state index contributed by atoms with van der Waals surface area (Å²) >= 11 is 0. The Balaban J connectivity index is 1.14. The Hall–Kier alpha value is -4.54. The number of hydrogen-bond acceptors (Lipinski definition) is 8. The van der Waals surface area contributed by atoms with Crippen molar-refractivity contribution in [3.8, 4) is 11.5 Å². The molecule has 242 valence electrons. The molecule has 1 N–H and O–H groups in total. The third kappa shape index (κ3) is 5.80. The summed E-state index contributed by atoms with van der Waals surface area (Å²) in [5.74, 6) is 0.828. The van der Waals surface area contributed by atoms with Crippen LogP contribution in [0, 0.1) is 5.92 Å². The lowest BCUT2D eigenvalue weighted by Crippen LogP contribution is -2.45. The molecule has 4 aromatic carbocycles. The SMILES string of the molecule is COc1cc2c(cc1OC)CN(CC1OC(c3ccc(N4C(=O)c5ccccc5C4=O)cc3)OC(c3ccc(CO)cc3)C1C)CC2. The highest BCUT2D eigenvalue weighted by Crippen LogP contribution is 2.43. The summed E-state index contributed by atoms with van der Waals surface area (Å²) in [6, 6.07) is 26.1. The Bertz CT molecular complexity index is 1750. The number of ether oxygens (including phenoxy) is 4. The number of amides is 2. The van der Waals surface area contributed by atoms with E-state index in [1.54, 1.807) is 50.6 Å². The van der Waals surface area contributed by atoms with Gasteiger partial charge in [0.05, 0.1) is 49.8 Å². The summed E-state index contributed by atoms with van der Waals surface area (Å²) in [5, 5.41) is 9.61. The van der Waals surface area contributed by atoms with Gasteiger partial charge in [0.25, 0.3) is 11.8 Å². The van der Waals surface area contributed by atoms with E-state index in [1.165, 1.54) is 16.0 Å². The average molecular weight is 635 g/mol. The number of hydrogen-bond donors (Lipinski definition) is 1. The fourth-order valence-corrected chi connectivity index (χ4v) is 6.88. The largest absolute Gasteiger partial charge is 0.493 e. The molecule has 4 atom stereocenters. The normalized spacial score (nSPS) is 22.6. The molecular weight excluding hydrogens is 596 g/mol. The first-order valence-corrected chi connectivity index (χ1v) is 15.9. The lowest BCUT2D eigenvalue weighted by molar-refractivity contribution is -0.276. The molecule has 0 aromatic heterocycles. The molecule has 0 radical (unpaired) electrons. The first kappa shape index (κ1) is 31.1. The highest BCUT2D eigenvalue weighted by atomic mass is 16.7. The van der Waals surface area contributed by atoms with Gasteiger partial charge >= 0.3 is 0 Å². The predicted molar refractivity (Wildman–Crippen MR) is 176 cm³/mol. The predicted octanol–water partition coefficient (Wildman–Crippen LogP) is 5.85. The number of rotatable bonds is 8. The molecule has 3 aliphatic heterocycles. The summed E-state index contributed by atoms with van der Waals surface area (Å²) in [5.41, 5.74) is 6.43. The Morgan fingerprint density at radius 2 is 1.43 bits per heavy atom. The Labute approximate surface area is 274 Å². The molecule has 2 amide bonds. The third-order valence-electron chi connectivity index (χ3n) is 9.58. The number of methoxy groups -OCH3 is 2. The first-order chi connectivity index (χ1) is 22.9. The van der Waals surface area contributed by atoms with E-state index in [4.69, 9.17) is 18.9 Å². The van der Waals surface area contributed by atoms with E-state index in [0.717, 1.165) is 47.7 Å². The molecule has 7 rings (SSSR count). The van der Waals surface area contributed by atoms with Crippen LogP contribution in [-0.2, 0) is 29.0 Å². The number of nitrogens with zero attached hydrogens (tertiary/aromatic N) is 2. The number of anilines is 1. The molecule has 3 aliphatic rings. The Kier molecular flexibility index (Phi) is 8.55. The minimum Gasteiger partial charge on any atom is -0.493 e. The van der Waals surface area contributed by atoms with Gasteiger partial charge in [-0.2, -0.15) is 0 Å². The molecular formula is C38H38N2O7. The monoisotopic (exact) mass is 634 g/mol. The zero-order valence-electron chi connectivity index (χ0n) is 26.7. The number of aliphatic hydroxyl groups excluding tert-OH is 1. The molecule has 1 saturated heterocycles. The fourth-order valence-electron chi connectivity index (χ4n) is 6.88. The van der Waals surface area contributed by atoms with Gasteiger partial charge in [0.2, 0.25) is 0 Å². The Morgan fingerprint density at radius 3 is 2.04 bits per heavy atom. The van der Waals surface area contributed by atoms with Crippen LogP contribution >= 0.6 is 0 Å². The second-order valence-corrected chi connectivity index (χ2v) is 12.4. The zero-order chi connectivity index (χ0) is 32.7. The molecule has 4 aromatic rings. The molecule has 9 nitrogen and oxygen atoms in total. The van der Waals surface area contributed by atoms with Gasteiger partial charge < -0.3 is 24.1 Å². The van der Waals surface area contributed by atoms with Crippen molar-refractivity contribution in [1.29, 1.82) is 0 Å². The van der Waals surface area contributed by atoms with Crippen molar-refractivity contribution >= 4 is 17.5 Å². The van der Waals surface area contributed by atoms with Crippen molar-refractivity contribution in [2.45, 2.75) is 45.0 Å². The van der Waals surface area contributed by atoms with Crippen LogP contribution in [0.1, 0.15) is 67.9 Å². The van der Waals surface area contributed by atoms with E-state index < -0.39 is 6.29 Å². The van der Waals surface area contributed by atoms with Crippen LogP contribution in [0.25, 0.3) is 0 Å². The standard InChI is InChI=1S/C38H38N2O7/c1-23-34(21-39-17-16-27-18-32(44-2)33(45-3)19-28(27)20-39)46-38(47-35(23)25-10-8-24(22-41)9-11-25)26-12-14-29(15-13-26)40-36(42)30-6-4-5-7-31(30)37(40)43/h4-15,18-19,23,34-35,38,41H,16-17,20-22H2,1-3H3. The maximum absolute atomic E-state index is 13.1. The quantitative estimate of drug-likeness (QED) is 0.241. The number of carbonyl (C=O) groups excluding carboxylic acids is 2. The zero-order valence-corrected chi connectivity index (χ0v) is 26.7. The van der Waals surface area contributed by atoms with Crippen molar-refractivity contribution in [2.24, 2.45) is 5.92 Å². The van der Waals surface area contributed by atoms with Gasteiger partial charge in [-0.05, 0) is 65.1 Å². The highest BCUT2D eigenvalue weighted by molar-refractivity contribution is 6.34. The van der Waals surface area contributed by atoms with Gasteiger partial charge in [-0.1, -0.05) is 55.5 Å². The van der Waals surface area contributed by atoms with Gasteiger partial charge in [0, 0.05) is 31.1 Å². The molecule has 0 aliphatic carbocycles. The first-order valence-electron chi connectivity index (χ1n) is 15.9. The molecule has 0 saturated carbocycles. The van der Waals surface area contributed by atoms with Gasteiger partial charge in [0.15, 0.2) is 17.8 Å². The van der Waals surface area contributed by atoms with Crippen LogP contribution in [0.2, 0.25) is 0 Å². The summed E-state index contributed by atoms with van der Waals surface area (Å²) in [7, 11) is 3.31. The lowest BCUT2D eigenvalue weighted by atomic mass is 9.89. The minimum absolute atomic E-state index is 0.0237. The molecule has 9 heteroatoms. The van der Waals surface area contributed by atoms with Gasteiger partial charge in [-0.25, -0.2) is 4.90 Å². The topological polar surface area (TPSA) is 97.8 Å². The van der Waals surface area contributed by atoms with E-state index in [1.807, 2.05) is 36.4 Å². The van der Waals surface area contributed by atoms with Crippen molar-refractivity contribution < 1.29 is 33.6 Å². The minimum atomic E-state index is -0.670. The van der Waals surface area contributed by atoms with Crippen LogP contribution in [0.3, 0.4) is 0 Å². The van der Waals surface area contributed by atoms with Gasteiger partial charge in [0.1, 0.15) is 0 Å². The van der Waals surface area contributed by atoms with Crippen LogP contribution in [-0.4, -0.2) is 55.2 Å². The molecule has 47 heavy (non-hydrogen) atoms. The average Bonchev–Trinajstić information content (AvgIpc) is 3.37. The van der Waals surface area contributed by atoms with Crippen molar-refractivity contribution in [3.05, 3.63) is 124 Å². The lowest BCUT2D eigenvalue weighted by Gasteiger charge is -2.43. The van der Waals surface area contributed by atoms with E-state index in [0.29, 0.717) is 23.4 Å². The highest BCUT2D eigenvalue weighted by Gasteiger charge is 2.40. The van der Waals surface area contributed by atoms with E-state index in [9.17, 15) is 14.7 Å². The van der Waals surface area contributed by atoms with Gasteiger partial charge in [-0.3, -0.25) is 14.5 Å². The van der Waals surface area contributed by atoms with Crippen molar-refractivity contribution in [1.82, 2.24) is 4.90 Å². The molecule has 4 unspecified atom stereocenters. The van der Waals surface area contributed by atoms with E-state index in [2.05, 4.69) is 24.0 Å².